The van der Waals surface area contributed by atoms with E-state index in [9.17, 15) is 4.79 Å². The number of nitrogens with zero attached hydrogens (tertiary/aromatic N) is 5. The third-order valence-corrected chi connectivity index (χ3v) is 5.86. The molecular weight excluding hydrogens is 370 g/mol. The van der Waals surface area contributed by atoms with E-state index in [1.165, 1.54) is 11.1 Å². The van der Waals surface area contributed by atoms with E-state index in [1.807, 2.05) is 25.0 Å². The van der Waals surface area contributed by atoms with Crippen molar-refractivity contribution >= 4 is 32.6 Å². The Morgan fingerprint density at radius 1 is 1.21 bits per heavy atom. The zero-order valence-electron chi connectivity index (χ0n) is 17.6. The first-order chi connectivity index (χ1) is 13.3. The summed E-state index contributed by atoms with van der Waals surface area (Å²) < 4.78 is 2.95. The lowest BCUT2D eigenvalue weighted by atomic mass is 10.1. The molecule has 0 unspecified atom stereocenters. The third-order valence-electron chi connectivity index (χ3n) is 4.63. The molecule has 0 aliphatic carbocycles. The van der Waals surface area contributed by atoms with Crippen LogP contribution in [0.2, 0.25) is 0 Å². The third kappa shape index (κ3) is 4.42. The smallest absolute Gasteiger partial charge is 0.280 e. The van der Waals surface area contributed by atoms with E-state index in [0.29, 0.717) is 12.2 Å². The van der Waals surface area contributed by atoms with Crippen LogP contribution in [0.5, 0.6) is 0 Å². The van der Waals surface area contributed by atoms with Gasteiger partial charge in [0.15, 0.2) is 10.8 Å². The molecule has 0 aliphatic rings. The van der Waals surface area contributed by atoms with Crippen molar-refractivity contribution in [2.75, 3.05) is 32.1 Å². The van der Waals surface area contributed by atoms with Crippen LogP contribution < -0.4 is 4.90 Å². The summed E-state index contributed by atoms with van der Waals surface area (Å²) in [5.74, 6) is -0.0911. The second kappa shape index (κ2) is 8.41. The quantitative estimate of drug-likeness (QED) is 0.595. The zero-order chi connectivity index (χ0) is 20.4. The molecule has 0 fully saturated rings. The lowest BCUT2D eigenvalue weighted by molar-refractivity contribution is 0.0980. The van der Waals surface area contributed by atoms with E-state index in [-0.39, 0.29) is 11.9 Å². The molecule has 2 aromatic heterocycles. The number of carbonyl (C=O) groups is 1. The number of fused-ring (bicyclic) bond motifs is 1. The number of anilines is 1. The number of hydrogen-bond donors (Lipinski definition) is 0. The number of aromatic nitrogens is 3. The molecule has 1 amide bonds. The second-order valence-corrected chi connectivity index (χ2v) is 8.79. The fourth-order valence-electron chi connectivity index (χ4n) is 3.19. The Bertz CT molecular complexity index is 972. The van der Waals surface area contributed by atoms with Crippen LogP contribution in [0.4, 0.5) is 5.13 Å². The Kier molecular flexibility index (Phi) is 6.15. The Hall–Kier alpha value is -2.25. The maximum atomic E-state index is 13.3. The van der Waals surface area contributed by atoms with Gasteiger partial charge >= 0.3 is 0 Å². The Morgan fingerprint density at radius 3 is 2.61 bits per heavy atom. The molecule has 6 nitrogen and oxygen atoms in total. The number of aryl methyl sites for hydroxylation is 2. The van der Waals surface area contributed by atoms with Crippen LogP contribution in [-0.2, 0) is 0 Å². The Balaban J connectivity index is 1.96. The monoisotopic (exact) mass is 399 g/mol. The summed E-state index contributed by atoms with van der Waals surface area (Å²) in [5, 5.41) is 5.22. The van der Waals surface area contributed by atoms with Crippen molar-refractivity contribution in [2.45, 2.75) is 40.2 Å². The van der Waals surface area contributed by atoms with Crippen LogP contribution in [0.1, 0.15) is 47.9 Å². The summed E-state index contributed by atoms with van der Waals surface area (Å²) in [4.78, 5) is 22.0. The van der Waals surface area contributed by atoms with Crippen LogP contribution in [0, 0.1) is 13.8 Å². The van der Waals surface area contributed by atoms with Crippen LogP contribution in [0.3, 0.4) is 0 Å². The number of hydrogen-bond acceptors (Lipinski definition) is 5. The SMILES string of the molecule is Cc1cc(C)c2sc(N(CCCN(C)C)C(=O)c3ccn(C(C)C)n3)nc2c1. The van der Waals surface area contributed by atoms with Gasteiger partial charge in [-0.3, -0.25) is 14.4 Å². The van der Waals surface area contributed by atoms with Gasteiger partial charge in [0.25, 0.3) is 5.91 Å². The number of rotatable bonds is 7. The average molecular weight is 400 g/mol. The standard InChI is InChI=1S/C21H29N5OS/c1-14(2)26-11-8-17(23-26)20(27)25(10-7-9-24(5)6)21-22-18-13-15(3)12-16(4)19(18)28-21/h8,11-14H,7,9-10H2,1-6H3. The van der Waals surface area contributed by atoms with E-state index in [1.54, 1.807) is 22.3 Å². The highest BCUT2D eigenvalue weighted by atomic mass is 32.1. The fraction of sp³-hybridized carbons (Fsp3) is 0.476. The van der Waals surface area contributed by atoms with Crippen LogP contribution in [-0.4, -0.2) is 52.8 Å². The van der Waals surface area contributed by atoms with Crippen molar-refractivity contribution < 1.29 is 4.79 Å². The van der Waals surface area contributed by atoms with Gasteiger partial charge in [-0.2, -0.15) is 5.10 Å². The van der Waals surface area contributed by atoms with Gasteiger partial charge < -0.3 is 4.90 Å². The predicted molar refractivity (Wildman–Crippen MR) is 117 cm³/mol. The summed E-state index contributed by atoms with van der Waals surface area (Å²) in [6.07, 6.45) is 2.74. The van der Waals surface area contributed by atoms with Gasteiger partial charge in [-0.25, -0.2) is 4.98 Å². The minimum atomic E-state index is -0.0911. The van der Waals surface area contributed by atoms with E-state index < -0.39 is 0 Å². The molecule has 3 rings (SSSR count). The average Bonchev–Trinajstić information content (AvgIpc) is 3.25. The molecule has 0 radical (unpaired) electrons. The zero-order valence-corrected chi connectivity index (χ0v) is 18.4. The molecule has 0 bridgehead atoms. The first-order valence-electron chi connectivity index (χ1n) is 9.66. The molecule has 28 heavy (non-hydrogen) atoms. The normalized spacial score (nSPS) is 11.7. The molecule has 0 atom stereocenters. The summed E-state index contributed by atoms with van der Waals surface area (Å²) in [6.45, 7) is 9.80. The van der Waals surface area contributed by atoms with E-state index in [0.717, 1.165) is 28.3 Å². The Labute approximate surface area is 170 Å². The highest BCUT2D eigenvalue weighted by molar-refractivity contribution is 7.22. The van der Waals surface area contributed by atoms with Crippen molar-refractivity contribution in [1.29, 1.82) is 0 Å². The predicted octanol–water partition coefficient (Wildman–Crippen LogP) is 4.29. The first-order valence-corrected chi connectivity index (χ1v) is 10.5. The van der Waals surface area contributed by atoms with Gasteiger partial charge in [-0.15, -0.1) is 0 Å². The van der Waals surface area contributed by atoms with Crippen LogP contribution in [0.15, 0.2) is 24.4 Å². The molecule has 2 heterocycles. The van der Waals surface area contributed by atoms with Gasteiger partial charge in [-0.05, 0) is 78.0 Å². The number of carbonyl (C=O) groups excluding carboxylic acids is 1. The van der Waals surface area contributed by atoms with Crippen molar-refractivity contribution in [3.8, 4) is 0 Å². The Morgan fingerprint density at radius 2 is 1.96 bits per heavy atom. The number of thiazole rings is 1. The molecule has 3 aromatic rings. The number of benzene rings is 1. The fourth-order valence-corrected chi connectivity index (χ4v) is 4.23. The lowest BCUT2D eigenvalue weighted by Gasteiger charge is -2.20. The van der Waals surface area contributed by atoms with Crippen molar-refractivity contribution in [1.82, 2.24) is 19.7 Å². The lowest BCUT2D eigenvalue weighted by Crippen LogP contribution is -2.33. The number of amides is 1. The molecule has 0 N–H and O–H groups in total. The molecule has 0 saturated heterocycles. The summed E-state index contributed by atoms with van der Waals surface area (Å²) in [6, 6.07) is 6.26. The van der Waals surface area contributed by atoms with Gasteiger partial charge in [-0.1, -0.05) is 17.4 Å². The molecule has 150 valence electrons. The van der Waals surface area contributed by atoms with Crippen molar-refractivity contribution in [3.05, 3.63) is 41.2 Å². The van der Waals surface area contributed by atoms with Crippen LogP contribution in [0.25, 0.3) is 10.2 Å². The minimum Gasteiger partial charge on any atom is -0.309 e. The minimum absolute atomic E-state index is 0.0911. The molecule has 0 saturated carbocycles. The van der Waals surface area contributed by atoms with Gasteiger partial charge in [0, 0.05) is 18.8 Å². The van der Waals surface area contributed by atoms with E-state index in [4.69, 9.17) is 4.98 Å². The van der Waals surface area contributed by atoms with Crippen molar-refractivity contribution in [2.24, 2.45) is 0 Å². The van der Waals surface area contributed by atoms with E-state index >= 15 is 0 Å². The highest BCUT2D eigenvalue weighted by Gasteiger charge is 2.24. The highest BCUT2D eigenvalue weighted by Crippen LogP contribution is 2.32. The van der Waals surface area contributed by atoms with Gasteiger partial charge in [0.1, 0.15) is 0 Å². The largest absolute Gasteiger partial charge is 0.309 e. The molecule has 0 aliphatic heterocycles. The maximum absolute atomic E-state index is 13.3. The molecule has 1 aromatic carbocycles. The molecular formula is C21H29N5OS. The van der Waals surface area contributed by atoms with E-state index in [2.05, 4.69) is 49.8 Å². The van der Waals surface area contributed by atoms with Crippen LogP contribution >= 0.6 is 11.3 Å². The molecule has 7 heteroatoms. The summed E-state index contributed by atoms with van der Waals surface area (Å²) in [7, 11) is 4.08. The summed E-state index contributed by atoms with van der Waals surface area (Å²) >= 11 is 1.58. The van der Waals surface area contributed by atoms with Crippen molar-refractivity contribution in [3.63, 3.8) is 0 Å². The molecule has 0 spiro atoms. The maximum Gasteiger partial charge on any atom is 0.280 e. The van der Waals surface area contributed by atoms with Gasteiger partial charge in [0.2, 0.25) is 0 Å². The first kappa shape index (κ1) is 20.5. The van der Waals surface area contributed by atoms with Gasteiger partial charge in [0.05, 0.1) is 10.2 Å². The second-order valence-electron chi connectivity index (χ2n) is 7.81. The topological polar surface area (TPSA) is 54.3 Å². The summed E-state index contributed by atoms with van der Waals surface area (Å²) in [5.41, 5.74) is 3.80.